The molecule has 1 N–H and O–H groups in total. The summed E-state index contributed by atoms with van der Waals surface area (Å²) in [5.41, 5.74) is 2.39. The minimum absolute atomic E-state index is 0.887. The van der Waals surface area contributed by atoms with E-state index in [-0.39, 0.29) is 0 Å². The Kier molecular flexibility index (Phi) is 5.18. The molecule has 1 aromatic heterocycles. The molecule has 2 heteroatoms. The Balaban J connectivity index is 1.65. The standard InChI is InChI=1S/C16H26N2/c1-3-14-5-7-15(8-6-14)11-17-12-16-9-4-13(2)10-18-16/h4,9-10,14-15,17H,3,5-8,11-12H2,1-2H3. The third-order valence-corrected chi connectivity index (χ3v) is 4.26. The molecule has 0 saturated heterocycles. The second-order valence-electron chi connectivity index (χ2n) is 5.75. The Morgan fingerprint density at radius 1 is 1.17 bits per heavy atom. The molecule has 1 aliphatic rings. The summed E-state index contributed by atoms with van der Waals surface area (Å²) in [6.45, 7) is 6.47. The topological polar surface area (TPSA) is 24.9 Å². The van der Waals surface area contributed by atoms with E-state index in [1.54, 1.807) is 0 Å². The number of nitrogens with zero attached hydrogens (tertiary/aromatic N) is 1. The van der Waals surface area contributed by atoms with Crippen molar-refractivity contribution in [3.8, 4) is 0 Å². The van der Waals surface area contributed by atoms with Crippen LogP contribution in [0.15, 0.2) is 18.3 Å². The molecule has 0 radical (unpaired) electrons. The van der Waals surface area contributed by atoms with Gasteiger partial charge in [0.15, 0.2) is 0 Å². The zero-order valence-corrected chi connectivity index (χ0v) is 11.8. The minimum atomic E-state index is 0.887. The van der Waals surface area contributed by atoms with Crippen LogP contribution in [-0.4, -0.2) is 11.5 Å². The zero-order valence-electron chi connectivity index (χ0n) is 11.8. The van der Waals surface area contributed by atoms with E-state index in [9.17, 15) is 0 Å². The molecule has 0 spiro atoms. The Morgan fingerprint density at radius 3 is 2.50 bits per heavy atom. The third-order valence-electron chi connectivity index (χ3n) is 4.26. The Morgan fingerprint density at radius 2 is 1.89 bits per heavy atom. The van der Waals surface area contributed by atoms with Gasteiger partial charge in [-0.1, -0.05) is 32.3 Å². The highest BCUT2D eigenvalue weighted by Gasteiger charge is 2.19. The summed E-state index contributed by atoms with van der Waals surface area (Å²) in [6.07, 6.45) is 9.01. The second kappa shape index (κ2) is 6.89. The van der Waals surface area contributed by atoms with Crippen LogP contribution in [0.4, 0.5) is 0 Å². The van der Waals surface area contributed by atoms with E-state index in [2.05, 4.69) is 36.3 Å². The lowest BCUT2D eigenvalue weighted by molar-refractivity contribution is 0.262. The van der Waals surface area contributed by atoms with E-state index in [0.717, 1.165) is 30.6 Å². The number of aromatic nitrogens is 1. The first-order valence-electron chi connectivity index (χ1n) is 7.40. The van der Waals surface area contributed by atoms with Gasteiger partial charge >= 0.3 is 0 Å². The van der Waals surface area contributed by atoms with Gasteiger partial charge in [0.1, 0.15) is 0 Å². The molecule has 1 aliphatic carbocycles. The summed E-state index contributed by atoms with van der Waals surface area (Å²) in [7, 11) is 0. The fraction of sp³-hybridized carbons (Fsp3) is 0.688. The van der Waals surface area contributed by atoms with E-state index in [1.165, 1.54) is 37.7 Å². The molecule has 0 atom stereocenters. The van der Waals surface area contributed by atoms with E-state index < -0.39 is 0 Å². The van der Waals surface area contributed by atoms with Crippen LogP contribution in [-0.2, 0) is 6.54 Å². The molecule has 0 aromatic carbocycles. The lowest BCUT2D eigenvalue weighted by Gasteiger charge is -2.27. The normalized spacial score (nSPS) is 24.1. The number of hydrogen-bond acceptors (Lipinski definition) is 2. The van der Waals surface area contributed by atoms with Crippen molar-refractivity contribution in [2.24, 2.45) is 11.8 Å². The first-order chi connectivity index (χ1) is 8.78. The molecule has 0 unspecified atom stereocenters. The smallest absolute Gasteiger partial charge is 0.0541 e. The van der Waals surface area contributed by atoms with E-state index >= 15 is 0 Å². The number of aryl methyl sites for hydroxylation is 1. The average molecular weight is 246 g/mol. The quantitative estimate of drug-likeness (QED) is 0.857. The fourth-order valence-corrected chi connectivity index (χ4v) is 2.85. The molecule has 2 nitrogen and oxygen atoms in total. The first-order valence-corrected chi connectivity index (χ1v) is 7.40. The van der Waals surface area contributed by atoms with Gasteiger partial charge < -0.3 is 5.32 Å². The Hall–Kier alpha value is -0.890. The molecule has 0 amide bonds. The van der Waals surface area contributed by atoms with Crippen molar-refractivity contribution in [2.45, 2.75) is 52.5 Å². The maximum absolute atomic E-state index is 4.42. The van der Waals surface area contributed by atoms with E-state index in [4.69, 9.17) is 0 Å². The van der Waals surface area contributed by atoms with Crippen LogP contribution in [0.3, 0.4) is 0 Å². The predicted octanol–water partition coefficient (Wildman–Crippen LogP) is 3.70. The predicted molar refractivity (Wildman–Crippen MR) is 76.4 cm³/mol. The molecule has 1 aromatic rings. The number of rotatable bonds is 5. The van der Waals surface area contributed by atoms with Gasteiger partial charge in [0.05, 0.1) is 5.69 Å². The zero-order chi connectivity index (χ0) is 12.8. The largest absolute Gasteiger partial charge is 0.311 e. The van der Waals surface area contributed by atoms with Crippen LogP contribution in [0.5, 0.6) is 0 Å². The lowest BCUT2D eigenvalue weighted by Crippen LogP contribution is -2.26. The highest BCUT2D eigenvalue weighted by Crippen LogP contribution is 2.30. The Bertz CT molecular complexity index is 337. The van der Waals surface area contributed by atoms with Gasteiger partial charge in [-0.15, -0.1) is 0 Å². The summed E-state index contributed by atoms with van der Waals surface area (Å²) < 4.78 is 0. The van der Waals surface area contributed by atoms with Gasteiger partial charge in [0.2, 0.25) is 0 Å². The lowest BCUT2D eigenvalue weighted by atomic mass is 9.81. The van der Waals surface area contributed by atoms with Crippen LogP contribution < -0.4 is 5.32 Å². The Labute approximate surface area is 111 Å². The molecule has 1 saturated carbocycles. The molecule has 0 aliphatic heterocycles. The van der Waals surface area contributed by atoms with Crippen molar-refractivity contribution in [1.82, 2.24) is 10.3 Å². The highest BCUT2D eigenvalue weighted by molar-refractivity contribution is 5.11. The minimum Gasteiger partial charge on any atom is -0.311 e. The summed E-state index contributed by atoms with van der Waals surface area (Å²) in [5, 5.41) is 3.56. The SMILES string of the molecule is CCC1CCC(CNCc2ccc(C)cn2)CC1. The van der Waals surface area contributed by atoms with Crippen LogP contribution >= 0.6 is 0 Å². The summed E-state index contributed by atoms with van der Waals surface area (Å²) in [6, 6.07) is 4.26. The van der Waals surface area contributed by atoms with Crippen LogP contribution in [0.2, 0.25) is 0 Å². The average Bonchev–Trinajstić information content (AvgIpc) is 2.42. The molecule has 18 heavy (non-hydrogen) atoms. The molecule has 100 valence electrons. The van der Waals surface area contributed by atoms with Crippen LogP contribution in [0.1, 0.15) is 50.3 Å². The van der Waals surface area contributed by atoms with Gasteiger partial charge in [-0.25, -0.2) is 0 Å². The van der Waals surface area contributed by atoms with Crippen molar-refractivity contribution >= 4 is 0 Å². The van der Waals surface area contributed by atoms with Crippen molar-refractivity contribution in [2.75, 3.05) is 6.54 Å². The van der Waals surface area contributed by atoms with Gasteiger partial charge in [-0.3, -0.25) is 4.98 Å². The second-order valence-corrected chi connectivity index (χ2v) is 5.75. The number of hydrogen-bond donors (Lipinski definition) is 1. The molecule has 0 bridgehead atoms. The molecule has 1 fully saturated rings. The van der Waals surface area contributed by atoms with Gasteiger partial charge in [-0.2, -0.15) is 0 Å². The first kappa shape index (κ1) is 13.5. The van der Waals surface area contributed by atoms with Crippen LogP contribution in [0, 0.1) is 18.8 Å². The number of pyridine rings is 1. The fourth-order valence-electron chi connectivity index (χ4n) is 2.85. The maximum atomic E-state index is 4.42. The van der Waals surface area contributed by atoms with Crippen molar-refractivity contribution < 1.29 is 0 Å². The molecule has 2 rings (SSSR count). The van der Waals surface area contributed by atoms with Crippen molar-refractivity contribution in [3.63, 3.8) is 0 Å². The van der Waals surface area contributed by atoms with Gasteiger partial charge in [0, 0.05) is 12.7 Å². The van der Waals surface area contributed by atoms with E-state index in [1.807, 2.05) is 6.20 Å². The highest BCUT2D eigenvalue weighted by atomic mass is 14.9. The van der Waals surface area contributed by atoms with Gasteiger partial charge in [0.25, 0.3) is 0 Å². The third kappa shape index (κ3) is 4.09. The van der Waals surface area contributed by atoms with Crippen molar-refractivity contribution in [3.05, 3.63) is 29.6 Å². The summed E-state index contributed by atoms with van der Waals surface area (Å²) in [4.78, 5) is 4.42. The van der Waals surface area contributed by atoms with E-state index in [0.29, 0.717) is 0 Å². The van der Waals surface area contributed by atoms with Gasteiger partial charge in [-0.05, 0) is 49.8 Å². The number of nitrogens with one attached hydrogen (secondary N) is 1. The molecular formula is C16H26N2. The maximum Gasteiger partial charge on any atom is 0.0541 e. The summed E-state index contributed by atoms with van der Waals surface area (Å²) >= 11 is 0. The summed E-state index contributed by atoms with van der Waals surface area (Å²) in [5.74, 6) is 1.89. The monoisotopic (exact) mass is 246 g/mol. The molecule has 1 heterocycles. The van der Waals surface area contributed by atoms with Crippen molar-refractivity contribution in [1.29, 1.82) is 0 Å². The van der Waals surface area contributed by atoms with Crippen LogP contribution in [0.25, 0.3) is 0 Å². The molecular weight excluding hydrogens is 220 g/mol.